The number of halogens is 1. The Bertz CT molecular complexity index is 63.4. The van der Waals surface area contributed by atoms with Crippen LogP contribution >= 0.6 is 11.5 Å². The lowest BCUT2D eigenvalue weighted by Crippen LogP contribution is -2.30. The zero-order valence-electron chi connectivity index (χ0n) is 4.94. The van der Waals surface area contributed by atoms with E-state index >= 15 is 0 Å². The maximum absolute atomic E-state index is 5.48. The molecule has 3 heteroatoms. The molecule has 0 aromatic carbocycles. The molecule has 1 aliphatic heterocycles. The summed E-state index contributed by atoms with van der Waals surface area (Å²) in [7, 11) is 0. The summed E-state index contributed by atoms with van der Waals surface area (Å²) in [6.07, 6.45) is 3.99. The normalized spacial score (nSPS) is 23.6. The van der Waals surface area contributed by atoms with E-state index in [0.29, 0.717) is 0 Å². The third-order valence-electron chi connectivity index (χ3n) is 1.53. The summed E-state index contributed by atoms with van der Waals surface area (Å²) in [5, 5.41) is 0. The summed E-state index contributed by atoms with van der Waals surface area (Å²) in [4.78, 5) is 2.16. The number of nitrogens with zero attached hydrogens (tertiary/aromatic N) is 1. The van der Waals surface area contributed by atoms with Crippen LogP contribution in [0.5, 0.6) is 0 Å². The van der Waals surface area contributed by atoms with E-state index in [4.69, 9.17) is 11.5 Å². The Hall–Kier alpha value is 0.315. The fraction of sp³-hybridized carbons (Fsp3) is 1.00. The molecule has 0 unspecified atom stereocenters. The van der Waals surface area contributed by atoms with Gasteiger partial charge in [0.15, 0.2) is 0 Å². The van der Waals surface area contributed by atoms with Crippen LogP contribution in [0.1, 0.15) is 19.3 Å². The minimum Gasteiger partial charge on any atom is -0.524 e. The van der Waals surface area contributed by atoms with Gasteiger partial charge in [-0.25, -0.2) is 0 Å². The average Bonchev–Trinajstić information content (AvgIpc) is 1.90. The first-order valence-corrected chi connectivity index (χ1v) is 3.55. The Labute approximate surface area is 56.2 Å². The van der Waals surface area contributed by atoms with Crippen molar-refractivity contribution < 1.29 is 0 Å². The van der Waals surface area contributed by atoms with Crippen molar-refractivity contribution in [3.63, 3.8) is 0 Å². The molecule has 0 amide bonds. The minimum atomic E-state index is 1.16. The fourth-order valence-corrected chi connectivity index (χ4v) is 1.21. The van der Waals surface area contributed by atoms with Gasteiger partial charge in [0, 0.05) is 0 Å². The van der Waals surface area contributed by atoms with Crippen molar-refractivity contribution in [3.8, 4) is 0 Å². The van der Waals surface area contributed by atoms with E-state index in [-0.39, 0.29) is 0 Å². The highest BCUT2D eigenvalue weighted by molar-refractivity contribution is 6.92. The van der Waals surface area contributed by atoms with E-state index in [1.807, 2.05) is 0 Å². The zero-order chi connectivity index (χ0) is 5.82. The third-order valence-corrected chi connectivity index (χ3v) is 1.80. The maximum Gasteiger partial charge on any atom is -0.0420 e. The molecule has 1 saturated heterocycles. The van der Waals surface area contributed by atoms with Crippen molar-refractivity contribution in [1.29, 1.82) is 0 Å². The predicted molar refractivity (Wildman–Crippen MR) is 37.0 cm³/mol. The predicted octanol–water partition coefficient (Wildman–Crippen LogP) is 1.25. The highest BCUT2D eigenvalue weighted by Crippen LogP contribution is 2.06. The zero-order valence-corrected chi connectivity index (χ0v) is 5.69. The van der Waals surface area contributed by atoms with Crippen molar-refractivity contribution in [2.45, 2.75) is 19.3 Å². The Morgan fingerprint density at radius 1 is 1.12 bits per heavy atom. The van der Waals surface area contributed by atoms with Gasteiger partial charge in [-0.3, -0.25) is 0 Å². The quantitative estimate of drug-likeness (QED) is 0.483. The van der Waals surface area contributed by atoms with Crippen LogP contribution in [0.3, 0.4) is 0 Å². The molecule has 0 N–H and O–H groups in total. The topological polar surface area (TPSA) is 3.24 Å². The van der Waals surface area contributed by atoms with E-state index in [1.165, 1.54) is 19.3 Å². The van der Waals surface area contributed by atoms with Crippen LogP contribution in [-0.4, -0.2) is 24.7 Å². The SMILES string of the molecule is Cl[B-]N1CCCCC1. The molecule has 0 saturated carbocycles. The first kappa shape index (κ1) is 6.44. The van der Waals surface area contributed by atoms with E-state index in [2.05, 4.69) is 4.81 Å². The van der Waals surface area contributed by atoms with Gasteiger partial charge >= 0.3 is 0 Å². The summed E-state index contributed by atoms with van der Waals surface area (Å²) in [5.74, 6) is 0. The van der Waals surface area contributed by atoms with Crippen LogP contribution < -0.4 is 0 Å². The second kappa shape index (κ2) is 3.36. The summed E-state index contributed by atoms with van der Waals surface area (Å²) in [5.41, 5.74) is 0. The molecule has 0 spiro atoms. The fourth-order valence-electron chi connectivity index (χ4n) is 1.02. The van der Waals surface area contributed by atoms with Crippen LogP contribution in [-0.2, 0) is 0 Å². The largest absolute Gasteiger partial charge is 0.524 e. The molecule has 0 aromatic heterocycles. The standard InChI is InChI=1S/C5H10BClN/c7-6-8-4-2-1-3-5-8/h1-5H2/q-1. The second-order valence-corrected chi connectivity index (χ2v) is 2.39. The van der Waals surface area contributed by atoms with Crippen molar-refractivity contribution in [1.82, 2.24) is 4.81 Å². The highest BCUT2D eigenvalue weighted by atomic mass is 35.5. The Morgan fingerprint density at radius 3 is 2.12 bits per heavy atom. The molecule has 0 atom stereocenters. The van der Waals surface area contributed by atoms with Crippen LogP contribution in [0.2, 0.25) is 0 Å². The summed E-state index contributed by atoms with van der Waals surface area (Å²) in [6, 6.07) is 0. The molecule has 1 nitrogen and oxygen atoms in total. The first-order valence-electron chi connectivity index (χ1n) is 3.11. The summed E-state index contributed by atoms with van der Waals surface area (Å²) in [6.45, 7) is 3.98. The molecular weight excluding hydrogens is 120 g/mol. The third kappa shape index (κ3) is 1.68. The van der Waals surface area contributed by atoms with E-state index in [1.54, 1.807) is 6.83 Å². The number of piperidine rings is 1. The van der Waals surface area contributed by atoms with Gasteiger partial charge in [-0.05, 0) is 25.9 Å². The summed E-state index contributed by atoms with van der Waals surface area (Å²) < 4.78 is 0. The van der Waals surface area contributed by atoms with Crippen LogP contribution in [0, 0.1) is 0 Å². The molecule has 1 fully saturated rings. The monoisotopic (exact) mass is 130 g/mol. The molecule has 0 aliphatic carbocycles. The Kier molecular flexibility index (Phi) is 2.70. The number of hydrogen-bond acceptors (Lipinski definition) is 1. The summed E-state index contributed by atoms with van der Waals surface area (Å²) >= 11 is 5.48. The van der Waals surface area contributed by atoms with Gasteiger partial charge in [0.1, 0.15) is 0 Å². The van der Waals surface area contributed by atoms with E-state index in [9.17, 15) is 0 Å². The molecule has 1 rings (SSSR count). The minimum absolute atomic E-state index is 1.16. The van der Waals surface area contributed by atoms with Crippen LogP contribution in [0.15, 0.2) is 0 Å². The smallest absolute Gasteiger partial charge is 0.0420 e. The van der Waals surface area contributed by atoms with Gasteiger partial charge in [0.2, 0.25) is 0 Å². The van der Waals surface area contributed by atoms with Crippen molar-refractivity contribution >= 4 is 18.3 Å². The van der Waals surface area contributed by atoms with Gasteiger partial charge in [0.05, 0.1) is 0 Å². The Morgan fingerprint density at radius 2 is 1.75 bits per heavy atom. The molecule has 46 valence electrons. The molecule has 2 radical (unpaired) electrons. The maximum atomic E-state index is 5.48. The van der Waals surface area contributed by atoms with Crippen LogP contribution in [0.25, 0.3) is 0 Å². The van der Waals surface area contributed by atoms with Crippen LogP contribution in [0.4, 0.5) is 0 Å². The lowest BCUT2D eigenvalue weighted by Gasteiger charge is -2.35. The van der Waals surface area contributed by atoms with Gasteiger partial charge in [-0.15, -0.1) is 6.83 Å². The average molecular weight is 130 g/mol. The van der Waals surface area contributed by atoms with Gasteiger partial charge in [0.25, 0.3) is 0 Å². The lowest BCUT2D eigenvalue weighted by molar-refractivity contribution is 0.365. The van der Waals surface area contributed by atoms with Crippen molar-refractivity contribution in [2.24, 2.45) is 0 Å². The molecule has 1 aliphatic rings. The van der Waals surface area contributed by atoms with Gasteiger partial charge in [-0.2, -0.15) is 0 Å². The van der Waals surface area contributed by atoms with Crippen molar-refractivity contribution in [2.75, 3.05) is 13.1 Å². The molecule has 1 heterocycles. The first-order chi connectivity index (χ1) is 3.93. The molecular formula is C5H10BClN-. The number of hydrogen-bond donors (Lipinski definition) is 0. The molecule has 0 aromatic rings. The highest BCUT2D eigenvalue weighted by Gasteiger charge is 1.98. The molecule has 0 bridgehead atoms. The van der Waals surface area contributed by atoms with E-state index < -0.39 is 0 Å². The van der Waals surface area contributed by atoms with Gasteiger partial charge in [-0.1, -0.05) is 6.42 Å². The number of rotatable bonds is 1. The second-order valence-electron chi connectivity index (χ2n) is 2.19. The molecule has 8 heavy (non-hydrogen) atoms. The van der Waals surface area contributed by atoms with Gasteiger partial charge < -0.3 is 16.3 Å². The van der Waals surface area contributed by atoms with E-state index in [0.717, 1.165) is 13.1 Å². The Balaban J connectivity index is 2.13. The van der Waals surface area contributed by atoms with Crippen molar-refractivity contribution in [3.05, 3.63) is 0 Å². The lowest BCUT2D eigenvalue weighted by atomic mass is 10.1.